The van der Waals surface area contributed by atoms with Gasteiger partial charge in [-0.2, -0.15) is 0 Å². The van der Waals surface area contributed by atoms with Crippen LogP contribution in [0.5, 0.6) is 5.75 Å². The number of rotatable bonds is 7. The first-order valence-corrected chi connectivity index (χ1v) is 10.6. The number of methoxy groups -OCH3 is 2. The Hall–Kier alpha value is -2.39. The predicted octanol–water partition coefficient (Wildman–Crippen LogP) is 2.74. The second kappa shape index (κ2) is 9.82. The number of carbonyl (C=O) groups is 3. The number of imide groups is 1. The first-order chi connectivity index (χ1) is 14.8. The number of piperidine rings is 1. The molecule has 2 fully saturated rings. The number of nitrogens with one attached hydrogen (secondary N) is 1. The molecule has 0 radical (unpaired) electrons. The third-order valence-corrected chi connectivity index (χ3v) is 6.26. The van der Waals surface area contributed by atoms with Gasteiger partial charge in [-0.25, -0.2) is 9.18 Å². The number of hydrogen-bond acceptors (Lipinski definition) is 5. The summed E-state index contributed by atoms with van der Waals surface area (Å²) in [7, 11) is 2.85. The highest BCUT2D eigenvalue weighted by atomic mass is 35.5. The topological polar surface area (TPSA) is 88.2 Å². The molecule has 0 saturated carbocycles. The van der Waals surface area contributed by atoms with Crippen molar-refractivity contribution in [2.75, 3.05) is 34.0 Å². The summed E-state index contributed by atoms with van der Waals surface area (Å²) in [6.45, 7) is 2.76. The zero-order chi connectivity index (χ0) is 22.7. The summed E-state index contributed by atoms with van der Waals surface area (Å²) in [4.78, 5) is 40.0. The third kappa shape index (κ3) is 4.77. The summed E-state index contributed by atoms with van der Waals surface area (Å²) < 4.78 is 24.5. The van der Waals surface area contributed by atoms with E-state index in [1.165, 1.54) is 25.2 Å². The van der Waals surface area contributed by atoms with Crippen LogP contribution in [-0.4, -0.2) is 67.7 Å². The maximum Gasteiger partial charge on any atom is 0.326 e. The molecule has 2 heterocycles. The van der Waals surface area contributed by atoms with E-state index in [1.54, 1.807) is 17.9 Å². The Morgan fingerprint density at radius 1 is 1.29 bits per heavy atom. The number of nitrogens with zero attached hydrogens (tertiary/aromatic N) is 2. The minimum Gasteiger partial charge on any atom is -0.493 e. The quantitative estimate of drug-likeness (QED) is 0.639. The Labute approximate surface area is 185 Å². The van der Waals surface area contributed by atoms with Crippen molar-refractivity contribution in [2.45, 2.75) is 38.1 Å². The van der Waals surface area contributed by atoms with Crippen molar-refractivity contribution < 1.29 is 28.2 Å². The zero-order valence-electron chi connectivity index (χ0n) is 17.8. The standard InChI is InChI=1S/C21H27ClFN3O5/c1-12(10-16-19(27)24-21(29)26(16)11-30-2)20(28)25-8-6-13(7-9-25)14-4-5-15(22)17(23)18(14)31-3/h4-5,12-13,16H,6-11H2,1-3H3,(H,24,27,29)/t12-,16+/m1/s1. The molecule has 0 spiro atoms. The molecule has 2 aliphatic rings. The van der Waals surface area contributed by atoms with Gasteiger partial charge in [-0.3, -0.25) is 19.8 Å². The van der Waals surface area contributed by atoms with Crippen LogP contribution in [0.1, 0.15) is 37.7 Å². The van der Waals surface area contributed by atoms with Crippen molar-refractivity contribution in [3.8, 4) is 5.75 Å². The number of likely N-dealkylation sites (tertiary alicyclic amines) is 1. The van der Waals surface area contributed by atoms with Crippen LogP contribution in [0.25, 0.3) is 0 Å². The van der Waals surface area contributed by atoms with E-state index in [4.69, 9.17) is 21.1 Å². The smallest absolute Gasteiger partial charge is 0.326 e. The van der Waals surface area contributed by atoms with E-state index >= 15 is 0 Å². The Bertz CT molecular complexity index is 860. The minimum absolute atomic E-state index is 0.0130. The van der Waals surface area contributed by atoms with E-state index < -0.39 is 29.7 Å². The van der Waals surface area contributed by atoms with Gasteiger partial charge in [-0.15, -0.1) is 0 Å². The van der Waals surface area contributed by atoms with E-state index in [0.29, 0.717) is 25.9 Å². The normalized spacial score (nSPS) is 20.7. The number of halogens is 2. The fourth-order valence-corrected chi connectivity index (χ4v) is 4.45. The molecule has 8 nitrogen and oxygen atoms in total. The average Bonchev–Trinajstić information content (AvgIpc) is 3.02. The van der Waals surface area contributed by atoms with E-state index in [2.05, 4.69) is 5.32 Å². The lowest BCUT2D eigenvalue weighted by atomic mass is 9.88. The molecule has 1 N–H and O–H groups in total. The van der Waals surface area contributed by atoms with Gasteiger partial charge in [0.2, 0.25) is 5.91 Å². The molecule has 2 aliphatic heterocycles. The minimum atomic E-state index is -0.731. The maximum absolute atomic E-state index is 14.3. The maximum atomic E-state index is 14.3. The van der Waals surface area contributed by atoms with Gasteiger partial charge in [0.05, 0.1) is 12.1 Å². The van der Waals surface area contributed by atoms with Gasteiger partial charge in [0.15, 0.2) is 11.6 Å². The van der Waals surface area contributed by atoms with Gasteiger partial charge in [-0.1, -0.05) is 24.6 Å². The van der Waals surface area contributed by atoms with Crippen LogP contribution in [0.2, 0.25) is 5.02 Å². The number of amides is 4. The summed E-state index contributed by atoms with van der Waals surface area (Å²) in [5, 5.41) is 2.27. The highest BCUT2D eigenvalue weighted by molar-refractivity contribution is 6.30. The highest BCUT2D eigenvalue weighted by Crippen LogP contribution is 2.38. The number of carbonyl (C=O) groups excluding carboxylic acids is 3. The van der Waals surface area contributed by atoms with Gasteiger partial charge in [0.25, 0.3) is 5.91 Å². The number of benzene rings is 1. The van der Waals surface area contributed by atoms with Gasteiger partial charge >= 0.3 is 6.03 Å². The molecular weight excluding hydrogens is 429 g/mol. The van der Waals surface area contributed by atoms with Crippen molar-refractivity contribution in [1.29, 1.82) is 0 Å². The molecule has 0 bridgehead atoms. The van der Waals surface area contributed by atoms with E-state index in [0.717, 1.165) is 5.56 Å². The Kier molecular flexibility index (Phi) is 7.38. The number of urea groups is 1. The van der Waals surface area contributed by atoms with Crippen molar-refractivity contribution in [1.82, 2.24) is 15.1 Å². The highest BCUT2D eigenvalue weighted by Gasteiger charge is 2.40. The fraction of sp³-hybridized carbons (Fsp3) is 0.571. The van der Waals surface area contributed by atoms with Crippen LogP contribution < -0.4 is 10.1 Å². The zero-order valence-corrected chi connectivity index (χ0v) is 18.6. The van der Waals surface area contributed by atoms with E-state index in [9.17, 15) is 18.8 Å². The van der Waals surface area contributed by atoms with Gasteiger partial charge in [-0.05, 0) is 31.2 Å². The lowest BCUT2D eigenvalue weighted by Gasteiger charge is -2.35. The molecule has 170 valence electrons. The first kappa shape index (κ1) is 23.3. The Morgan fingerprint density at radius 3 is 2.58 bits per heavy atom. The largest absolute Gasteiger partial charge is 0.493 e. The molecule has 1 aromatic carbocycles. The molecule has 10 heteroatoms. The van der Waals surface area contributed by atoms with Crippen LogP contribution in [-0.2, 0) is 14.3 Å². The number of ether oxygens (including phenoxy) is 2. The monoisotopic (exact) mass is 455 g/mol. The number of hydrogen-bond donors (Lipinski definition) is 1. The van der Waals surface area contributed by atoms with Crippen molar-refractivity contribution in [2.24, 2.45) is 5.92 Å². The molecule has 1 aromatic rings. The van der Waals surface area contributed by atoms with Gasteiger partial charge in [0.1, 0.15) is 12.8 Å². The average molecular weight is 456 g/mol. The van der Waals surface area contributed by atoms with Crippen LogP contribution in [0.4, 0.5) is 9.18 Å². The fourth-order valence-electron chi connectivity index (χ4n) is 4.30. The Morgan fingerprint density at radius 2 is 1.97 bits per heavy atom. The Balaban J connectivity index is 1.61. The second-order valence-electron chi connectivity index (χ2n) is 7.92. The molecule has 0 aromatic heterocycles. The van der Waals surface area contributed by atoms with Gasteiger partial charge < -0.3 is 14.4 Å². The molecule has 0 unspecified atom stereocenters. The molecule has 3 rings (SSSR count). The van der Waals surface area contributed by atoms with Crippen LogP contribution in [0.3, 0.4) is 0 Å². The second-order valence-corrected chi connectivity index (χ2v) is 8.33. The van der Waals surface area contributed by atoms with Crippen LogP contribution >= 0.6 is 11.6 Å². The van der Waals surface area contributed by atoms with Crippen molar-refractivity contribution in [3.05, 3.63) is 28.5 Å². The summed E-state index contributed by atoms with van der Waals surface area (Å²) >= 11 is 5.85. The molecule has 0 aliphatic carbocycles. The van der Waals surface area contributed by atoms with Gasteiger partial charge in [0, 0.05) is 31.7 Å². The lowest BCUT2D eigenvalue weighted by Crippen LogP contribution is -2.44. The molecular formula is C21H27ClFN3O5. The molecule has 31 heavy (non-hydrogen) atoms. The lowest BCUT2D eigenvalue weighted by molar-refractivity contribution is -0.137. The summed E-state index contributed by atoms with van der Waals surface area (Å²) in [5.41, 5.74) is 0.751. The molecule has 2 saturated heterocycles. The van der Waals surface area contributed by atoms with E-state index in [1.807, 2.05) is 0 Å². The van der Waals surface area contributed by atoms with Crippen LogP contribution in [0, 0.1) is 11.7 Å². The SMILES string of the molecule is COCN1C(=O)NC(=O)[C@@H]1C[C@@H](C)C(=O)N1CCC(c2ccc(Cl)c(F)c2OC)CC1. The van der Waals surface area contributed by atoms with Crippen molar-refractivity contribution in [3.63, 3.8) is 0 Å². The summed E-state index contributed by atoms with van der Waals surface area (Å²) in [6, 6.07) is 2.05. The third-order valence-electron chi connectivity index (χ3n) is 5.97. The predicted molar refractivity (Wildman–Crippen MR) is 111 cm³/mol. The molecule has 4 amide bonds. The first-order valence-electron chi connectivity index (χ1n) is 10.2. The van der Waals surface area contributed by atoms with E-state index in [-0.39, 0.29) is 35.7 Å². The van der Waals surface area contributed by atoms with Crippen molar-refractivity contribution >= 4 is 29.4 Å². The van der Waals surface area contributed by atoms with Crippen LogP contribution in [0.15, 0.2) is 12.1 Å². The summed E-state index contributed by atoms with van der Waals surface area (Å²) in [6.07, 6.45) is 1.54. The summed E-state index contributed by atoms with van der Waals surface area (Å²) in [5.74, 6) is -1.30. The molecule has 2 atom stereocenters.